The first-order valence-corrected chi connectivity index (χ1v) is 9.94. The summed E-state index contributed by atoms with van der Waals surface area (Å²) in [6, 6.07) is 4.35. The van der Waals surface area contributed by atoms with Crippen molar-refractivity contribution in [3.8, 4) is 0 Å². The second-order valence-electron chi connectivity index (χ2n) is 7.38. The molecule has 0 aromatic carbocycles. The minimum atomic E-state index is 0.566. The van der Waals surface area contributed by atoms with Gasteiger partial charge in [0.05, 0.1) is 5.69 Å². The molecule has 0 unspecified atom stereocenters. The lowest BCUT2D eigenvalue weighted by Crippen LogP contribution is -2.36. The van der Waals surface area contributed by atoms with Crippen LogP contribution in [0.15, 0.2) is 17.5 Å². The summed E-state index contributed by atoms with van der Waals surface area (Å²) < 4.78 is 0. The highest BCUT2D eigenvalue weighted by Gasteiger charge is 2.28. The molecule has 4 nitrogen and oxygen atoms in total. The number of nitrogens with zero attached hydrogens (tertiary/aromatic N) is 3. The molecule has 2 aromatic heterocycles. The van der Waals surface area contributed by atoms with Gasteiger partial charge in [-0.05, 0) is 64.1 Å². The lowest BCUT2D eigenvalue weighted by Gasteiger charge is -2.32. The Bertz CT molecular complexity index is 707. The number of hydrogen-bond donors (Lipinski definition) is 1. The van der Waals surface area contributed by atoms with Crippen LogP contribution in [0.1, 0.15) is 48.7 Å². The van der Waals surface area contributed by atoms with Gasteiger partial charge in [-0.1, -0.05) is 0 Å². The van der Waals surface area contributed by atoms with E-state index in [9.17, 15) is 0 Å². The largest absolute Gasteiger partial charge is 0.331 e. The van der Waals surface area contributed by atoms with Crippen molar-refractivity contribution in [2.75, 3.05) is 25.0 Å². The molecule has 0 radical (unpaired) electrons. The number of anilines is 2. The monoisotopic (exact) mass is 342 g/mol. The van der Waals surface area contributed by atoms with Crippen LogP contribution in [-0.2, 0) is 0 Å². The van der Waals surface area contributed by atoms with Gasteiger partial charge in [0.25, 0.3) is 0 Å². The molecule has 2 fully saturated rings. The highest BCUT2D eigenvalue weighted by atomic mass is 32.1. The molecule has 3 heterocycles. The Morgan fingerprint density at radius 1 is 1.17 bits per heavy atom. The molecule has 0 bridgehead atoms. The van der Waals surface area contributed by atoms with Crippen LogP contribution in [-0.4, -0.2) is 34.5 Å². The summed E-state index contributed by atoms with van der Waals surface area (Å²) >= 11 is 1.65. The van der Waals surface area contributed by atoms with Crippen molar-refractivity contribution in [1.82, 2.24) is 14.9 Å². The Hall–Kier alpha value is -1.46. The van der Waals surface area contributed by atoms with Crippen molar-refractivity contribution in [2.45, 2.75) is 45.4 Å². The number of rotatable bonds is 5. The maximum atomic E-state index is 4.85. The SMILES string of the molecule is Cc1cc(Nc2nc(C)cs2)cc([C@@H]2CCCN(CC3CC3)C2)n1. The van der Waals surface area contributed by atoms with Crippen molar-refractivity contribution in [3.05, 3.63) is 34.6 Å². The molecule has 1 aliphatic carbocycles. The van der Waals surface area contributed by atoms with Crippen molar-refractivity contribution >= 4 is 22.2 Å². The first-order chi connectivity index (χ1) is 11.7. The Kier molecular flexibility index (Phi) is 4.55. The molecule has 4 rings (SSSR count). The molecule has 2 aliphatic rings. The number of likely N-dealkylation sites (tertiary alicyclic amines) is 1. The highest BCUT2D eigenvalue weighted by molar-refractivity contribution is 7.13. The normalized spacial score (nSPS) is 21.8. The molecule has 1 saturated heterocycles. The van der Waals surface area contributed by atoms with Gasteiger partial charge in [-0.25, -0.2) is 4.98 Å². The summed E-state index contributed by atoms with van der Waals surface area (Å²) in [4.78, 5) is 12.0. The Balaban J connectivity index is 1.49. The van der Waals surface area contributed by atoms with E-state index in [2.05, 4.69) is 39.6 Å². The van der Waals surface area contributed by atoms with Crippen molar-refractivity contribution < 1.29 is 0 Å². The van der Waals surface area contributed by atoms with E-state index < -0.39 is 0 Å². The third-order valence-corrected chi connectivity index (χ3v) is 5.86. The molecule has 128 valence electrons. The average molecular weight is 343 g/mol. The molecule has 0 spiro atoms. The first-order valence-electron chi connectivity index (χ1n) is 9.06. The summed E-state index contributed by atoms with van der Waals surface area (Å²) in [6.45, 7) is 7.85. The van der Waals surface area contributed by atoms with Crippen LogP contribution >= 0.6 is 11.3 Å². The van der Waals surface area contributed by atoms with E-state index in [-0.39, 0.29) is 0 Å². The fourth-order valence-electron chi connectivity index (χ4n) is 3.64. The van der Waals surface area contributed by atoms with Gasteiger partial charge in [-0.15, -0.1) is 11.3 Å². The van der Waals surface area contributed by atoms with Crippen LogP contribution in [0.2, 0.25) is 0 Å². The second-order valence-corrected chi connectivity index (χ2v) is 8.24. The van der Waals surface area contributed by atoms with E-state index in [0.717, 1.165) is 28.1 Å². The highest BCUT2D eigenvalue weighted by Crippen LogP contribution is 2.33. The van der Waals surface area contributed by atoms with Crippen LogP contribution in [0, 0.1) is 19.8 Å². The van der Waals surface area contributed by atoms with E-state index in [1.165, 1.54) is 51.0 Å². The average Bonchev–Trinajstić information content (AvgIpc) is 3.27. The number of piperidine rings is 1. The van der Waals surface area contributed by atoms with Crippen molar-refractivity contribution in [2.24, 2.45) is 5.92 Å². The maximum Gasteiger partial charge on any atom is 0.187 e. The zero-order valence-corrected chi connectivity index (χ0v) is 15.4. The predicted molar refractivity (Wildman–Crippen MR) is 100 cm³/mol. The Morgan fingerprint density at radius 3 is 2.79 bits per heavy atom. The Labute approximate surface area is 148 Å². The van der Waals surface area contributed by atoms with Crippen LogP contribution < -0.4 is 5.32 Å². The third kappa shape index (κ3) is 3.95. The molecule has 1 atom stereocenters. The van der Waals surface area contributed by atoms with Crippen LogP contribution in [0.4, 0.5) is 10.8 Å². The third-order valence-electron chi connectivity index (χ3n) is 4.98. The maximum absolute atomic E-state index is 4.85. The quantitative estimate of drug-likeness (QED) is 0.869. The fourth-order valence-corrected chi connectivity index (χ4v) is 4.35. The van der Waals surface area contributed by atoms with E-state index in [0.29, 0.717) is 5.92 Å². The van der Waals surface area contributed by atoms with Crippen molar-refractivity contribution in [1.29, 1.82) is 0 Å². The van der Waals surface area contributed by atoms with Gasteiger partial charge in [0.15, 0.2) is 5.13 Å². The molecular formula is C19H26N4S. The lowest BCUT2D eigenvalue weighted by atomic mass is 9.93. The van der Waals surface area contributed by atoms with Gasteiger partial charge in [-0.3, -0.25) is 4.98 Å². The van der Waals surface area contributed by atoms with Gasteiger partial charge in [0.1, 0.15) is 0 Å². The number of aromatic nitrogens is 2. The molecular weight excluding hydrogens is 316 g/mol. The number of nitrogens with one attached hydrogen (secondary N) is 1. The molecule has 24 heavy (non-hydrogen) atoms. The standard InChI is InChI=1S/C19H26N4S/c1-13-8-17(22-19-21-14(2)12-24-19)9-18(20-13)16-4-3-7-23(11-16)10-15-5-6-15/h8-9,12,15-16H,3-7,10-11H2,1-2H3,(H,20,21,22)/t16-/m1/s1. The summed E-state index contributed by atoms with van der Waals surface area (Å²) in [7, 11) is 0. The summed E-state index contributed by atoms with van der Waals surface area (Å²) in [5, 5.41) is 6.49. The van der Waals surface area contributed by atoms with Gasteiger partial charge in [0.2, 0.25) is 0 Å². The molecule has 0 amide bonds. The minimum absolute atomic E-state index is 0.566. The number of thiazole rings is 1. The summed E-state index contributed by atoms with van der Waals surface area (Å²) in [5.74, 6) is 1.54. The summed E-state index contributed by atoms with van der Waals surface area (Å²) in [6.07, 6.45) is 5.42. The first kappa shape index (κ1) is 16.0. The molecule has 1 N–H and O–H groups in total. The van der Waals surface area contributed by atoms with Gasteiger partial charge in [0, 0.05) is 41.5 Å². The topological polar surface area (TPSA) is 41.1 Å². The van der Waals surface area contributed by atoms with E-state index in [1.54, 1.807) is 11.3 Å². The predicted octanol–water partition coefficient (Wildman–Crippen LogP) is 4.49. The summed E-state index contributed by atoms with van der Waals surface area (Å²) in [5.41, 5.74) is 4.51. The van der Waals surface area contributed by atoms with E-state index in [4.69, 9.17) is 4.98 Å². The fraction of sp³-hybridized carbons (Fsp3) is 0.579. The van der Waals surface area contributed by atoms with Crippen LogP contribution in [0.25, 0.3) is 0 Å². The number of pyridine rings is 1. The van der Waals surface area contributed by atoms with Crippen LogP contribution in [0.5, 0.6) is 0 Å². The zero-order valence-electron chi connectivity index (χ0n) is 14.6. The minimum Gasteiger partial charge on any atom is -0.331 e. The number of hydrogen-bond acceptors (Lipinski definition) is 5. The lowest BCUT2D eigenvalue weighted by molar-refractivity contribution is 0.198. The smallest absolute Gasteiger partial charge is 0.187 e. The molecule has 1 saturated carbocycles. The van der Waals surface area contributed by atoms with Gasteiger partial charge < -0.3 is 10.2 Å². The number of aryl methyl sites for hydroxylation is 2. The van der Waals surface area contributed by atoms with E-state index in [1.807, 2.05) is 6.92 Å². The van der Waals surface area contributed by atoms with Crippen molar-refractivity contribution in [3.63, 3.8) is 0 Å². The molecule has 2 aromatic rings. The molecule has 5 heteroatoms. The second kappa shape index (κ2) is 6.81. The Morgan fingerprint density at radius 2 is 2.04 bits per heavy atom. The van der Waals surface area contributed by atoms with Crippen LogP contribution in [0.3, 0.4) is 0 Å². The van der Waals surface area contributed by atoms with Gasteiger partial charge in [-0.2, -0.15) is 0 Å². The van der Waals surface area contributed by atoms with Gasteiger partial charge >= 0.3 is 0 Å². The molecule has 1 aliphatic heterocycles. The van der Waals surface area contributed by atoms with E-state index >= 15 is 0 Å². The zero-order chi connectivity index (χ0) is 16.5.